The van der Waals surface area contributed by atoms with Crippen LogP contribution in [0.5, 0.6) is 0 Å². The van der Waals surface area contributed by atoms with Crippen molar-refractivity contribution in [1.29, 1.82) is 0 Å². The molecule has 0 radical (unpaired) electrons. The van der Waals surface area contributed by atoms with Crippen LogP contribution in [0.25, 0.3) is 0 Å². The number of alkyl halides is 2. The first kappa shape index (κ1) is 24.7. The van der Waals surface area contributed by atoms with E-state index in [1.54, 1.807) is 6.07 Å². The number of benzene rings is 1. The molecule has 198 valence electrons. The molecule has 2 bridgehead atoms. The number of ether oxygens (including phenoxy) is 1. The van der Waals surface area contributed by atoms with Crippen LogP contribution >= 0.6 is 0 Å². The minimum atomic E-state index is -2.78. The highest BCUT2D eigenvalue weighted by Gasteiger charge is 2.45. The van der Waals surface area contributed by atoms with Gasteiger partial charge in [-0.2, -0.15) is 0 Å². The molecular weight excluding hydrogens is 476 g/mol. The Kier molecular flexibility index (Phi) is 6.18. The molecule has 2 N–H and O–H groups in total. The monoisotopic (exact) mass is 511 g/mol. The summed E-state index contributed by atoms with van der Waals surface area (Å²) in [4.78, 5) is 25.1. The van der Waals surface area contributed by atoms with Gasteiger partial charge in [0.05, 0.1) is 29.8 Å². The van der Waals surface area contributed by atoms with Gasteiger partial charge in [-0.15, -0.1) is 0 Å². The topological polar surface area (TPSA) is 79.4 Å². The van der Waals surface area contributed by atoms with Gasteiger partial charge in [0.1, 0.15) is 11.6 Å². The van der Waals surface area contributed by atoms with Crippen LogP contribution in [0.2, 0.25) is 0 Å². The fourth-order valence-electron chi connectivity index (χ4n) is 6.74. The predicted molar refractivity (Wildman–Crippen MR) is 136 cm³/mol. The normalized spacial score (nSPS) is 28.3. The molecule has 37 heavy (non-hydrogen) atoms. The zero-order valence-electron chi connectivity index (χ0n) is 21.6. The largest absolute Gasteiger partial charge is 0.373 e. The zero-order valence-corrected chi connectivity index (χ0v) is 21.6. The van der Waals surface area contributed by atoms with Crippen molar-refractivity contribution in [2.45, 2.75) is 82.4 Å². The van der Waals surface area contributed by atoms with E-state index in [0.29, 0.717) is 30.4 Å². The highest BCUT2D eigenvalue weighted by molar-refractivity contribution is 5.80. The van der Waals surface area contributed by atoms with Crippen molar-refractivity contribution in [3.8, 4) is 0 Å². The average Bonchev–Trinajstić information content (AvgIpc) is 3.64. The van der Waals surface area contributed by atoms with E-state index >= 15 is 0 Å². The standard InChI is InChI=1S/C28H35F2N5O2/c1-17(19-5-3-6-21-20(19)8-9-28(21,29)30)31-26-25(23-7-4-14-37-23)22(32-18(2)33-26)15-24(36)34-27-10-12-35(16-27)13-11-27/h3,5-6,17,23H,4,7-16H2,1-2H3,(H,34,36)(H,31,32,33)/t17-,23?/m1/s1. The van der Waals surface area contributed by atoms with E-state index in [4.69, 9.17) is 14.7 Å². The number of halogens is 2. The number of carbonyl (C=O) groups excluding carboxylic acids is 1. The summed E-state index contributed by atoms with van der Waals surface area (Å²) in [5.41, 5.74) is 3.09. The summed E-state index contributed by atoms with van der Waals surface area (Å²) in [5, 5.41) is 6.82. The number of nitrogens with one attached hydrogen (secondary N) is 2. The van der Waals surface area contributed by atoms with Gasteiger partial charge < -0.3 is 20.3 Å². The predicted octanol–water partition coefficient (Wildman–Crippen LogP) is 4.35. The maximum absolute atomic E-state index is 14.4. The van der Waals surface area contributed by atoms with Crippen LogP contribution in [0.4, 0.5) is 14.6 Å². The van der Waals surface area contributed by atoms with Crippen molar-refractivity contribution >= 4 is 11.7 Å². The average molecular weight is 512 g/mol. The smallest absolute Gasteiger partial charge is 0.273 e. The van der Waals surface area contributed by atoms with Crippen LogP contribution in [0.3, 0.4) is 0 Å². The van der Waals surface area contributed by atoms with E-state index in [1.807, 2.05) is 19.9 Å². The molecule has 1 unspecified atom stereocenters. The van der Waals surface area contributed by atoms with Gasteiger partial charge in [-0.1, -0.05) is 18.2 Å². The molecule has 3 saturated heterocycles. The number of anilines is 1. The number of nitrogens with zero attached hydrogens (tertiary/aromatic N) is 3. The molecule has 7 nitrogen and oxygen atoms in total. The van der Waals surface area contributed by atoms with E-state index in [9.17, 15) is 13.6 Å². The first-order valence-corrected chi connectivity index (χ1v) is 13.5. The summed E-state index contributed by atoms with van der Waals surface area (Å²) in [6, 6.07) is 4.91. The minimum absolute atomic E-state index is 0.0248. The first-order valence-electron chi connectivity index (χ1n) is 13.5. The van der Waals surface area contributed by atoms with Crippen molar-refractivity contribution in [3.63, 3.8) is 0 Å². The van der Waals surface area contributed by atoms with Gasteiger partial charge in [-0.25, -0.2) is 18.7 Å². The van der Waals surface area contributed by atoms with Crippen molar-refractivity contribution < 1.29 is 18.3 Å². The van der Waals surface area contributed by atoms with Crippen LogP contribution in [0.1, 0.15) is 84.9 Å². The molecule has 1 aliphatic carbocycles. The van der Waals surface area contributed by atoms with Crippen LogP contribution in [0, 0.1) is 6.92 Å². The Balaban J connectivity index is 1.29. The van der Waals surface area contributed by atoms with Crippen LogP contribution in [0.15, 0.2) is 18.2 Å². The molecule has 4 heterocycles. The summed E-state index contributed by atoms with van der Waals surface area (Å²) < 4.78 is 34.9. The fourth-order valence-corrected chi connectivity index (χ4v) is 6.74. The molecule has 2 aromatic rings. The molecule has 3 fully saturated rings. The van der Waals surface area contributed by atoms with Gasteiger partial charge in [0, 0.05) is 43.8 Å². The van der Waals surface area contributed by atoms with Gasteiger partial charge in [0.25, 0.3) is 5.92 Å². The number of hydrogen-bond acceptors (Lipinski definition) is 6. The Bertz CT molecular complexity index is 1210. The Labute approximate surface area is 216 Å². The number of hydrogen-bond donors (Lipinski definition) is 2. The lowest BCUT2D eigenvalue weighted by molar-refractivity contribution is -0.122. The Morgan fingerprint density at radius 3 is 2.76 bits per heavy atom. The van der Waals surface area contributed by atoms with Crippen LogP contribution < -0.4 is 10.6 Å². The lowest BCUT2D eigenvalue weighted by Gasteiger charge is -2.27. The summed E-state index contributed by atoms with van der Waals surface area (Å²) in [6.07, 6.45) is 3.91. The second kappa shape index (κ2) is 9.27. The molecule has 9 heteroatoms. The molecule has 6 rings (SSSR count). The molecular formula is C28H35F2N5O2. The second-order valence-corrected chi connectivity index (χ2v) is 11.2. The Hall–Kier alpha value is -2.65. The number of carbonyl (C=O) groups is 1. The van der Waals surface area contributed by atoms with Gasteiger partial charge in [0.2, 0.25) is 5.91 Å². The number of rotatable bonds is 7. The zero-order chi connectivity index (χ0) is 25.8. The number of piperidine rings is 1. The third-order valence-corrected chi connectivity index (χ3v) is 8.58. The van der Waals surface area contributed by atoms with E-state index in [0.717, 1.165) is 62.0 Å². The van der Waals surface area contributed by atoms with Gasteiger partial charge in [-0.05, 0) is 57.1 Å². The third-order valence-electron chi connectivity index (χ3n) is 8.58. The van der Waals surface area contributed by atoms with E-state index in [2.05, 4.69) is 15.5 Å². The molecule has 1 aromatic heterocycles. The summed E-state index contributed by atoms with van der Waals surface area (Å²) in [6.45, 7) is 7.44. The van der Waals surface area contributed by atoms with Crippen LogP contribution in [-0.2, 0) is 28.3 Å². The molecule has 3 aliphatic heterocycles. The molecule has 1 aromatic carbocycles. The van der Waals surface area contributed by atoms with Crippen molar-refractivity contribution in [2.75, 3.05) is 31.6 Å². The quantitative estimate of drug-likeness (QED) is 0.575. The highest BCUT2D eigenvalue weighted by atomic mass is 19.3. The van der Waals surface area contributed by atoms with Gasteiger partial charge in [-0.3, -0.25) is 4.79 Å². The van der Waals surface area contributed by atoms with Crippen LogP contribution in [-0.4, -0.2) is 52.6 Å². The Morgan fingerprint density at radius 1 is 1.24 bits per heavy atom. The summed E-state index contributed by atoms with van der Waals surface area (Å²) in [5.74, 6) is -1.61. The lowest BCUT2D eigenvalue weighted by atomic mass is 9.94. The fraction of sp³-hybridized carbons (Fsp3) is 0.607. The van der Waals surface area contributed by atoms with Gasteiger partial charge >= 0.3 is 0 Å². The lowest BCUT2D eigenvalue weighted by Crippen LogP contribution is -2.48. The van der Waals surface area contributed by atoms with E-state index < -0.39 is 5.92 Å². The molecule has 2 atom stereocenters. The van der Waals surface area contributed by atoms with Crippen molar-refractivity contribution in [2.24, 2.45) is 0 Å². The second-order valence-electron chi connectivity index (χ2n) is 11.2. The summed E-state index contributed by atoms with van der Waals surface area (Å²) >= 11 is 0. The number of aryl methyl sites for hydroxylation is 1. The highest BCUT2D eigenvalue weighted by Crippen LogP contribution is 2.44. The Morgan fingerprint density at radius 2 is 2.05 bits per heavy atom. The SMILES string of the molecule is Cc1nc(CC(=O)NC23CCN(CC2)C3)c(C2CCCO2)c(N[C@H](C)c2cccc3c2CCC3(F)F)n1. The first-order chi connectivity index (χ1) is 17.7. The molecule has 4 aliphatic rings. The molecule has 0 spiro atoms. The van der Waals surface area contributed by atoms with E-state index in [-0.39, 0.29) is 42.0 Å². The molecule has 1 amide bonds. The summed E-state index contributed by atoms with van der Waals surface area (Å²) in [7, 11) is 0. The third kappa shape index (κ3) is 4.61. The van der Waals surface area contributed by atoms with Gasteiger partial charge in [0.15, 0.2) is 0 Å². The number of aromatic nitrogens is 2. The minimum Gasteiger partial charge on any atom is -0.373 e. The maximum Gasteiger partial charge on any atom is 0.273 e. The van der Waals surface area contributed by atoms with Crippen molar-refractivity contribution in [1.82, 2.24) is 20.2 Å². The number of fused-ring (bicyclic) bond motifs is 3. The van der Waals surface area contributed by atoms with E-state index in [1.165, 1.54) is 6.07 Å². The number of amides is 1. The van der Waals surface area contributed by atoms with Crippen molar-refractivity contribution in [3.05, 3.63) is 52.0 Å². The molecule has 0 saturated carbocycles. The maximum atomic E-state index is 14.4.